The summed E-state index contributed by atoms with van der Waals surface area (Å²) in [6, 6.07) is 7.66. The molecule has 1 amide bonds. The average Bonchev–Trinajstić information content (AvgIpc) is 2.56. The summed E-state index contributed by atoms with van der Waals surface area (Å²) in [7, 11) is 0. The summed E-state index contributed by atoms with van der Waals surface area (Å²) in [5, 5.41) is 2.77. The normalized spacial score (nSPS) is 18.5. The van der Waals surface area contributed by atoms with Crippen LogP contribution in [-0.2, 0) is 20.7 Å². The van der Waals surface area contributed by atoms with Gasteiger partial charge in [0.15, 0.2) is 6.10 Å². The summed E-state index contributed by atoms with van der Waals surface area (Å²) in [6.45, 7) is 3.68. The average molecular weight is 301 g/mol. The number of rotatable bonds is 5. The zero-order chi connectivity index (χ0) is 15.9. The third kappa shape index (κ3) is 4.45. The van der Waals surface area contributed by atoms with Gasteiger partial charge in [0.05, 0.1) is 5.92 Å². The zero-order valence-electron chi connectivity index (χ0n) is 13.2. The molecule has 0 radical (unpaired) electrons. The van der Waals surface area contributed by atoms with E-state index < -0.39 is 6.10 Å². The number of carbonyl (C=O) groups is 2. The molecule has 0 aromatic heterocycles. The first-order valence-corrected chi connectivity index (χ1v) is 7.85. The van der Waals surface area contributed by atoms with Crippen molar-refractivity contribution in [2.24, 2.45) is 5.92 Å². The third-order valence-corrected chi connectivity index (χ3v) is 3.89. The minimum absolute atomic E-state index is 0.121. The molecule has 22 heavy (non-hydrogen) atoms. The van der Waals surface area contributed by atoms with E-state index >= 15 is 0 Å². The van der Waals surface area contributed by atoms with Crippen LogP contribution in [0.15, 0.2) is 36.4 Å². The van der Waals surface area contributed by atoms with Crippen molar-refractivity contribution >= 4 is 17.6 Å². The first-order valence-electron chi connectivity index (χ1n) is 7.85. The summed E-state index contributed by atoms with van der Waals surface area (Å²) in [4.78, 5) is 24.1. The standard InChI is InChI=1S/C18H23NO3/c1-3-14-9-11-16(12-10-14)19-17(20)13(2)22-18(21)15-7-5-4-6-8-15/h4-5,9-13,15H,3,6-8H2,1-2H3,(H,19,20)/t13-,15+/m0/s1. The van der Waals surface area contributed by atoms with Crippen LogP contribution in [0.4, 0.5) is 5.69 Å². The minimum atomic E-state index is -0.788. The first-order chi connectivity index (χ1) is 10.6. The van der Waals surface area contributed by atoms with Gasteiger partial charge < -0.3 is 10.1 Å². The number of nitrogens with one attached hydrogen (secondary N) is 1. The highest BCUT2D eigenvalue weighted by atomic mass is 16.5. The number of ether oxygens (including phenoxy) is 1. The predicted octanol–water partition coefficient (Wildman–Crippen LogP) is 3.48. The largest absolute Gasteiger partial charge is 0.452 e. The number of aryl methyl sites for hydroxylation is 1. The molecule has 1 N–H and O–H groups in total. The molecule has 118 valence electrons. The Morgan fingerprint density at radius 3 is 2.59 bits per heavy atom. The van der Waals surface area contributed by atoms with Crippen LogP contribution in [0.25, 0.3) is 0 Å². The molecule has 4 nitrogen and oxygen atoms in total. The number of esters is 1. The number of amides is 1. The van der Waals surface area contributed by atoms with Gasteiger partial charge in [0.1, 0.15) is 0 Å². The molecule has 0 fully saturated rings. The summed E-state index contributed by atoms with van der Waals surface area (Å²) < 4.78 is 5.28. The van der Waals surface area contributed by atoms with E-state index in [9.17, 15) is 9.59 Å². The number of anilines is 1. The van der Waals surface area contributed by atoms with Gasteiger partial charge in [0.25, 0.3) is 5.91 Å². The van der Waals surface area contributed by atoms with E-state index in [1.165, 1.54) is 5.56 Å². The second kappa shape index (κ2) is 7.78. The number of hydrogen-bond donors (Lipinski definition) is 1. The highest BCUT2D eigenvalue weighted by Gasteiger charge is 2.24. The molecule has 0 saturated heterocycles. The van der Waals surface area contributed by atoms with Crippen molar-refractivity contribution in [2.45, 2.75) is 45.6 Å². The van der Waals surface area contributed by atoms with Crippen molar-refractivity contribution in [3.63, 3.8) is 0 Å². The zero-order valence-corrected chi connectivity index (χ0v) is 13.2. The molecule has 0 aliphatic heterocycles. The Kier molecular flexibility index (Phi) is 5.75. The fourth-order valence-corrected chi connectivity index (χ4v) is 2.40. The quantitative estimate of drug-likeness (QED) is 0.669. The smallest absolute Gasteiger partial charge is 0.310 e. The van der Waals surface area contributed by atoms with Gasteiger partial charge in [0, 0.05) is 5.69 Å². The molecule has 0 spiro atoms. The van der Waals surface area contributed by atoms with Crippen LogP contribution in [-0.4, -0.2) is 18.0 Å². The fourth-order valence-electron chi connectivity index (χ4n) is 2.40. The third-order valence-electron chi connectivity index (χ3n) is 3.89. The highest BCUT2D eigenvalue weighted by Crippen LogP contribution is 2.20. The fraction of sp³-hybridized carbons (Fsp3) is 0.444. The number of allylic oxidation sites excluding steroid dienone is 2. The Morgan fingerprint density at radius 2 is 2.00 bits per heavy atom. The number of hydrogen-bond acceptors (Lipinski definition) is 3. The van der Waals surface area contributed by atoms with Crippen molar-refractivity contribution in [1.29, 1.82) is 0 Å². The molecule has 1 aliphatic rings. The maximum Gasteiger partial charge on any atom is 0.310 e. The molecular weight excluding hydrogens is 278 g/mol. The van der Waals surface area contributed by atoms with Gasteiger partial charge in [-0.3, -0.25) is 9.59 Å². The maximum atomic E-state index is 12.1. The van der Waals surface area contributed by atoms with Crippen LogP contribution in [0.3, 0.4) is 0 Å². The summed E-state index contributed by atoms with van der Waals surface area (Å²) >= 11 is 0. The Bertz CT molecular complexity index is 548. The lowest BCUT2D eigenvalue weighted by atomic mass is 9.95. The lowest BCUT2D eigenvalue weighted by Gasteiger charge is -2.19. The highest BCUT2D eigenvalue weighted by molar-refractivity contribution is 5.95. The SMILES string of the molecule is CCc1ccc(NC(=O)[C@H](C)OC(=O)[C@@H]2CC=CCC2)cc1. The van der Waals surface area contributed by atoms with E-state index in [4.69, 9.17) is 4.74 Å². The molecule has 1 aromatic rings. The summed E-state index contributed by atoms with van der Waals surface area (Å²) in [5.41, 5.74) is 1.92. The van der Waals surface area contributed by atoms with Crippen molar-refractivity contribution < 1.29 is 14.3 Å². The van der Waals surface area contributed by atoms with Crippen LogP contribution in [0, 0.1) is 5.92 Å². The molecule has 1 aliphatic carbocycles. The van der Waals surface area contributed by atoms with Crippen LogP contribution >= 0.6 is 0 Å². The van der Waals surface area contributed by atoms with Crippen molar-refractivity contribution in [2.75, 3.05) is 5.32 Å². The van der Waals surface area contributed by atoms with E-state index in [-0.39, 0.29) is 17.8 Å². The van der Waals surface area contributed by atoms with Gasteiger partial charge >= 0.3 is 5.97 Å². The van der Waals surface area contributed by atoms with Crippen LogP contribution in [0.5, 0.6) is 0 Å². The van der Waals surface area contributed by atoms with Gasteiger partial charge in [-0.15, -0.1) is 0 Å². The summed E-state index contributed by atoms with van der Waals surface area (Å²) in [5.74, 6) is -0.707. The summed E-state index contributed by atoms with van der Waals surface area (Å²) in [6.07, 6.45) is 6.62. The molecular formula is C18H23NO3. The second-order valence-electron chi connectivity index (χ2n) is 5.60. The molecule has 0 saturated carbocycles. The van der Waals surface area contributed by atoms with E-state index in [1.54, 1.807) is 6.92 Å². The lowest BCUT2D eigenvalue weighted by Crippen LogP contribution is -2.32. The van der Waals surface area contributed by atoms with E-state index in [0.717, 1.165) is 19.3 Å². The molecule has 2 atom stereocenters. The molecule has 2 rings (SSSR count). The molecule has 0 bridgehead atoms. The lowest BCUT2D eigenvalue weighted by molar-refractivity contribution is -0.157. The number of carbonyl (C=O) groups excluding carboxylic acids is 2. The van der Waals surface area contributed by atoms with E-state index in [1.807, 2.05) is 30.3 Å². The van der Waals surface area contributed by atoms with Gasteiger partial charge in [-0.25, -0.2) is 0 Å². The molecule has 0 heterocycles. The Labute approximate surface area is 131 Å². The van der Waals surface area contributed by atoms with Gasteiger partial charge in [0.2, 0.25) is 0 Å². The first kappa shape index (κ1) is 16.3. The van der Waals surface area contributed by atoms with Crippen molar-refractivity contribution in [1.82, 2.24) is 0 Å². The predicted molar refractivity (Wildman–Crippen MR) is 86.5 cm³/mol. The van der Waals surface area contributed by atoms with E-state index in [0.29, 0.717) is 12.1 Å². The Hall–Kier alpha value is -2.10. The van der Waals surface area contributed by atoms with Gasteiger partial charge in [-0.05, 0) is 50.3 Å². The molecule has 0 unspecified atom stereocenters. The minimum Gasteiger partial charge on any atom is -0.452 e. The second-order valence-corrected chi connectivity index (χ2v) is 5.60. The topological polar surface area (TPSA) is 55.4 Å². The van der Waals surface area contributed by atoms with E-state index in [2.05, 4.69) is 18.3 Å². The molecule has 1 aromatic carbocycles. The van der Waals surface area contributed by atoms with Crippen molar-refractivity contribution in [3.8, 4) is 0 Å². The van der Waals surface area contributed by atoms with Gasteiger partial charge in [-0.2, -0.15) is 0 Å². The van der Waals surface area contributed by atoms with Crippen molar-refractivity contribution in [3.05, 3.63) is 42.0 Å². The molecule has 4 heteroatoms. The number of benzene rings is 1. The van der Waals surface area contributed by atoms with Crippen LogP contribution < -0.4 is 5.32 Å². The monoisotopic (exact) mass is 301 g/mol. The maximum absolute atomic E-state index is 12.1. The van der Waals surface area contributed by atoms with Gasteiger partial charge in [-0.1, -0.05) is 31.2 Å². The Balaban J connectivity index is 1.85. The van der Waals surface area contributed by atoms with Crippen LogP contribution in [0.2, 0.25) is 0 Å². The van der Waals surface area contributed by atoms with Crippen LogP contribution in [0.1, 0.15) is 38.7 Å². The Morgan fingerprint density at radius 1 is 1.27 bits per heavy atom.